The number of fused-ring (bicyclic) bond motifs is 1. The van der Waals surface area contributed by atoms with Crippen molar-refractivity contribution in [1.29, 1.82) is 0 Å². The van der Waals surface area contributed by atoms with Gasteiger partial charge in [-0.25, -0.2) is 4.98 Å². The lowest BCUT2D eigenvalue weighted by molar-refractivity contribution is -0.150. The number of hydrogen-bond donors (Lipinski definition) is 0. The number of carbonyl (C=O) groups is 1. The summed E-state index contributed by atoms with van der Waals surface area (Å²) in [5.41, 5.74) is 0.778. The molecule has 4 rings (SSSR count). The van der Waals surface area contributed by atoms with Crippen LogP contribution in [0.15, 0.2) is 30.5 Å². The minimum absolute atomic E-state index is 0.113. The van der Waals surface area contributed by atoms with Gasteiger partial charge in [-0.05, 0) is 42.7 Å². The fourth-order valence-electron chi connectivity index (χ4n) is 3.28. The number of aromatic nitrogens is 1. The van der Waals surface area contributed by atoms with Gasteiger partial charge in [-0.3, -0.25) is 4.79 Å². The highest BCUT2D eigenvalue weighted by atomic mass is 35.5. The van der Waals surface area contributed by atoms with Crippen molar-refractivity contribution in [2.45, 2.75) is 19.4 Å². The monoisotopic (exact) mass is 408 g/mol. The zero-order valence-corrected chi connectivity index (χ0v) is 16.0. The minimum Gasteiger partial charge on any atom is -0.461 e. The fraction of sp³-hybridized carbons (Fsp3) is 0.368. The van der Waals surface area contributed by atoms with Crippen LogP contribution in [-0.4, -0.2) is 30.8 Å². The second kappa shape index (κ2) is 7.82. The van der Waals surface area contributed by atoms with Crippen LogP contribution in [0.2, 0.25) is 10.0 Å². The summed E-state index contributed by atoms with van der Waals surface area (Å²) < 4.78 is 16.1. The van der Waals surface area contributed by atoms with E-state index in [0.29, 0.717) is 21.5 Å². The topological polar surface area (TPSA) is 60.9 Å². The first-order valence-electron chi connectivity index (χ1n) is 8.71. The van der Waals surface area contributed by atoms with Crippen molar-refractivity contribution in [3.05, 3.63) is 46.1 Å². The first kappa shape index (κ1) is 18.2. The van der Waals surface area contributed by atoms with Gasteiger partial charge in [0.25, 0.3) is 0 Å². The lowest BCUT2D eigenvalue weighted by Crippen LogP contribution is -2.37. The van der Waals surface area contributed by atoms with E-state index in [0.717, 1.165) is 37.3 Å². The molecule has 3 heterocycles. The van der Waals surface area contributed by atoms with E-state index in [-0.39, 0.29) is 25.3 Å². The molecule has 2 aromatic rings. The van der Waals surface area contributed by atoms with Gasteiger partial charge in [0.05, 0.1) is 16.0 Å². The normalized spacial score (nSPS) is 16.4. The number of anilines is 1. The van der Waals surface area contributed by atoms with Crippen LogP contribution in [0.4, 0.5) is 5.82 Å². The number of benzene rings is 1. The van der Waals surface area contributed by atoms with Gasteiger partial charge in [0, 0.05) is 19.3 Å². The Morgan fingerprint density at radius 2 is 2.04 bits per heavy atom. The van der Waals surface area contributed by atoms with Gasteiger partial charge in [-0.2, -0.15) is 0 Å². The lowest BCUT2D eigenvalue weighted by Gasteiger charge is -2.31. The van der Waals surface area contributed by atoms with E-state index in [1.807, 2.05) is 12.1 Å². The van der Waals surface area contributed by atoms with Crippen LogP contribution < -0.4 is 14.4 Å². The van der Waals surface area contributed by atoms with Crippen LogP contribution in [0, 0.1) is 5.92 Å². The molecule has 0 N–H and O–H groups in total. The molecule has 0 bridgehead atoms. The van der Waals surface area contributed by atoms with Crippen LogP contribution in [0.25, 0.3) is 0 Å². The molecule has 2 aliphatic rings. The maximum absolute atomic E-state index is 12.4. The third kappa shape index (κ3) is 4.06. The summed E-state index contributed by atoms with van der Waals surface area (Å²) in [7, 11) is 0. The number of nitrogens with zero attached hydrogens (tertiary/aromatic N) is 2. The van der Waals surface area contributed by atoms with Crippen molar-refractivity contribution < 1.29 is 19.0 Å². The molecule has 0 spiro atoms. The Balaban J connectivity index is 1.30. The van der Waals surface area contributed by atoms with E-state index in [2.05, 4.69) is 9.88 Å². The molecule has 6 nitrogen and oxygen atoms in total. The predicted octanol–water partition coefficient (Wildman–Crippen LogP) is 4.08. The van der Waals surface area contributed by atoms with Crippen molar-refractivity contribution >= 4 is 35.0 Å². The van der Waals surface area contributed by atoms with Crippen molar-refractivity contribution in [3.8, 4) is 11.5 Å². The van der Waals surface area contributed by atoms with Crippen molar-refractivity contribution in [2.24, 2.45) is 5.92 Å². The molecule has 1 fully saturated rings. The zero-order chi connectivity index (χ0) is 18.8. The van der Waals surface area contributed by atoms with Gasteiger partial charge >= 0.3 is 5.97 Å². The number of hydrogen-bond acceptors (Lipinski definition) is 6. The van der Waals surface area contributed by atoms with Gasteiger partial charge < -0.3 is 19.1 Å². The predicted molar refractivity (Wildman–Crippen MR) is 102 cm³/mol. The molecule has 1 aromatic carbocycles. The smallest absolute Gasteiger partial charge is 0.309 e. The summed E-state index contributed by atoms with van der Waals surface area (Å²) in [6, 6.07) is 7.23. The van der Waals surface area contributed by atoms with E-state index >= 15 is 0 Å². The minimum atomic E-state index is -0.187. The third-order valence-electron chi connectivity index (χ3n) is 4.73. The molecule has 0 aliphatic carbocycles. The molecule has 0 saturated carbocycles. The number of pyridine rings is 1. The fourth-order valence-corrected chi connectivity index (χ4v) is 3.68. The van der Waals surface area contributed by atoms with Crippen LogP contribution >= 0.6 is 23.2 Å². The van der Waals surface area contributed by atoms with E-state index in [9.17, 15) is 4.79 Å². The lowest BCUT2D eigenvalue weighted by atomic mass is 9.97. The molecule has 142 valence electrons. The summed E-state index contributed by atoms with van der Waals surface area (Å²) >= 11 is 12.0. The zero-order valence-electron chi connectivity index (χ0n) is 14.5. The Kier molecular flexibility index (Phi) is 5.27. The van der Waals surface area contributed by atoms with Crippen molar-refractivity contribution in [2.75, 3.05) is 24.8 Å². The number of carbonyl (C=O) groups excluding carboxylic acids is 1. The Bertz CT molecular complexity index is 836. The summed E-state index contributed by atoms with van der Waals surface area (Å²) in [6.07, 6.45) is 3.09. The van der Waals surface area contributed by atoms with Crippen molar-refractivity contribution in [3.63, 3.8) is 0 Å². The molecule has 27 heavy (non-hydrogen) atoms. The number of ether oxygens (including phenoxy) is 3. The summed E-state index contributed by atoms with van der Waals surface area (Å²) in [5.74, 6) is 1.69. The molecule has 0 amide bonds. The van der Waals surface area contributed by atoms with Gasteiger partial charge in [-0.1, -0.05) is 23.2 Å². The maximum atomic E-state index is 12.4. The molecule has 1 saturated heterocycles. The van der Waals surface area contributed by atoms with Crippen LogP contribution in [0.5, 0.6) is 11.5 Å². The van der Waals surface area contributed by atoms with Crippen LogP contribution in [0.1, 0.15) is 18.4 Å². The van der Waals surface area contributed by atoms with E-state index < -0.39 is 0 Å². The molecule has 2 aliphatic heterocycles. The third-order valence-corrected chi connectivity index (χ3v) is 5.24. The Hall–Kier alpha value is -2.18. The highest BCUT2D eigenvalue weighted by Gasteiger charge is 2.27. The molecule has 0 unspecified atom stereocenters. The average Bonchev–Trinajstić information content (AvgIpc) is 3.16. The Labute approximate surface area is 166 Å². The highest BCUT2D eigenvalue weighted by molar-refractivity contribution is 6.32. The standard InChI is InChI=1S/C19H18Cl2N2O4/c20-14-1-2-17(22-9-14)23-5-3-13(4-6-23)19(24)25-10-12-7-15(21)18-16(8-12)26-11-27-18/h1-2,7-9,13H,3-6,10-11H2. The summed E-state index contributed by atoms with van der Waals surface area (Å²) in [5, 5.41) is 1.07. The number of piperidine rings is 1. The van der Waals surface area contributed by atoms with E-state index in [1.165, 1.54) is 0 Å². The summed E-state index contributed by atoms with van der Waals surface area (Å²) in [6.45, 7) is 1.82. The molecular weight excluding hydrogens is 391 g/mol. The highest BCUT2D eigenvalue weighted by Crippen LogP contribution is 2.40. The second-order valence-electron chi connectivity index (χ2n) is 6.52. The summed E-state index contributed by atoms with van der Waals surface area (Å²) in [4.78, 5) is 18.9. The number of halogens is 2. The van der Waals surface area contributed by atoms with Crippen molar-refractivity contribution in [1.82, 2.24) is 4.98 Å². The molecular formula is C19H18Cl2N2O4. The van der Waals surface area contributed by atoms with Gasteiger partial charge in [0.1, 0.15) is 12.4 Å². The SMILES string of the molecule is O=C(OCc1cc(Cl)c2c(c1)OCO2)C1CCN(c2ccc(Cl)cn2)CC1. The average molecular weight is 409 g/mol. The van der Waals surface area contributed by atoms with E-state index in [1.54, 1.807) is 18.3 Å². The molecule has 0 atom stereocenters. The maximum Gasteiger partial charge on any atom is 0.309 e. The first-order chi connectivity index (χ1) is 13.1. The van der Waals surface area contributed by atoms with Gasteiger partial charge in [0.15, 0.2) is 11.5 Å². The van der Waals surface area contributed by atoms with E-state index in [4.69, 9.17) is 37.4 Å². The van der Waals surface area contributed by atoms with Gasteiger partial charge in [-0.15, -0.1) is 0 Å². The Morgan fingerprint density at radius 1 is 1.22 bits per heavy atom. The van der Waals surface area contributed by atoms with Crippen LogP contribution in [0.3, 0.4) is 0 Å². The number of esters is 1. The second-order valence-corrected chi connectivity index (χ2v) is 7.36. The van der Waals surface area contributed by atoms with Gasteiger partial charge in [0.2, 0.25) is 6.79 Å². The molecule has 0 radical (unpaired) electrons. The largest absolute Gasteiger partial charge is 0.461 e. The first-order valence-corrected chi connectivity index (χ1v) is 9.47. The molecule has 8 heteroatoms. The molecule has 1 aromatic heterocycles. The number of rotatable bonds is 4. The quantitative estimate of drug-likeness (QED) is 0.710. The van der Waals surface area contributed by atoms with Crippen LogP contribution in [-0.2, 0) is 16.1 Å². The Morgan fingerprint density at radius 3 is 2.78 bits per heavy atom.